The molecule has 0 aromatic carbocycles. The second kappa shape index (κ2) is 5.71. The van der Waals surface area contributed by atoms with Crippen LogP contribution in [0.5, 0.6) is 0 Å². The molecule has 0 amide bonds. The van der Waals surface area contributed by atoms with Gasteiger partial charge in [-0.3, -0.25) is 4.98 Å². The summed E-state index contributed by atoms with van der Waals surface area (Å²) in [6.07, 6.45) is 5.46. The second-order valence-electron chi connectivity index (χ2n) is 5.39. The van der Waals surface area contributed by atoms with E-state index in [1.54, 1.807) is 12.4 Å². The zero-order chi connectivity index (χ0) is 13.9. The predicted octanol–water partition coefficient (Wildman–Crippen LogP) is 2.62. The van der Waals surface area contributed by atoms with Crippen molar-refractivity contribution in [3.63, 3.8) is 0 Å². The molecule has 1 aliphatic heterocycles. The third kappa shape index (κ3) is 2.58. The van der Waals surface area contributed by atoms with Crippen molar-refractivity contribution in [1.29, 1.82) is 0 Å². The molecule has 1 saturated heterocycles. The highest BCUT2D eigenvalue weighted by molar-refractivity contribution is 5.52. The highest BCUT2D eigenvalue weighted by Gasteiger charge is 2.24. The fraction of sp³-hybridized carbons (Fsp3) is 0.533. The monoisotopic (exact) mass is 271 g/mol. The van der Waals surface area contributed by atoms with Crippen LogP contribution in [0.4, 0.5) is 0 Å². The molecule has 3 heterocycles. The summed E-state index contributed by atoms with van der Waals surface area (Å²) in [5, 5.41) is 4.66. The summed E-state index contributed by atoms with van der Waals surface area (Å²) in [4.78, 5) is 8.85. The van der Waals surface area contributed by atoms with Gasteiger partial charge in [0.25, 0.3) is 0 Å². The van der Waals surface area contributed by atoms with Gasteiger partial charge in [-0.1, -0.05) is 0 Å². The van der Waals surface area contributed by atoms with E-state index in [0.717, 1.165) is 43.3 Å². The SMILES string of the molecule is CC(C)n1nc(-c2c[c]cnc2)nc1C1CCOCC1. The molecule has 20 heavy (non-hydrogen) atoms. The summed E-state index contributed by atoms with van der Waals surface area (Å²) in [5.41, 5.74) is 0.917. The number of aromatic nitrogens is 4. The van der Waals surface area contributed by atoms with Crippen LogP contribution < -0.4 is 0 Å². The summed E-state index contributed by atoms with van der Waals surface area (Å²) < 4.78 is 7.48. The molecule has 2 aromatic heterocycles. The summed E-state index contributed by atoms with van der Waals surface area (Å²) in [5.74, 6) is 2.25. The van der Waals surface area contributed by atoms with Gasteiger partial charge in [0.05, 0.1) is 0 Å². The van der Waals surface area contributed by atoms with Crippen LogP contribution in [0.15, 0.2) is 18.5 Å². The Morgan fingerprint density at radius 3 is 2.80 bits per heavy atom. The van der Waals surface area contributed by atoms with E-state index in [9.17, 15) is 0 Å². The van der Waals surface area contributed by atoms with E-state index in [2.05, 4.69) is 30.0 Å². The predicted molar refractivity (Wildman–Crippen MR) is 75.3 cm³/mol. The van der Waals surface area contributed by atoms with Crippen molar-refractivity contribution in [3.05, 3.63) is 30.4 Å². The van der Waals surface area contributed by atoms with Gasteiger partial charge in [-0.25, -0.2) is 9.67 Å². The third-order valence-corrected chi connectivity index (χ3v) is 3.59. The minimum Gasteiger partial charge on any atom is -0.381 e. The molecular weight excluding hydrogens is 252 g/mol. The molecule has 1 radical (unpaired) electrons. The minimum atomic E-state index is 0.301. The minimum absolute atomic E-state index is 0.301. The Hall–Kier alpha value is -1.75. The molecule has 0 N–H and O–H groups in total. The fourth-order valence-electron chi connectivity index (χ4n) is 2.52. The number of hydrogen-bond acceptors (Lipinski definition) is 4. The average molecular weight is 271 g/mol. The smallest absolute Gasteiger partial charge is 0.182 e. The van der Waals surface area contributed by atoms with E-state index in [-0.39, 0.29) is 0 Å². The van der Waals surface area contributed by atoms with Gasteiger partial charge in [-0.15, -0.1) is 0 Å². The molecule has 0 aliphatic carbocycles. The number of pyridine rings is 1. The summed E-state index contributed by atoms with van der Waals surface area (Å²) in [7, 11) is 0. The van der Waals surface area contributed by atoms with Crippen molar-refractivity contribution >= 4 is 0 Å². The molecule has 0 saturated carbocycles. The molecule has 0 unspecified atom stereocenters. The largest absolute Gasteiger partial charge is 0.381 e. The first kappa shape index (κ1) is 13.2. The molecule has 2 aromatic rings. The van der Waals surface area contributed by atoms with Gasteiger partial charge in [0.15, 0.2) is 5.82 Å². The third-order valence-electron chi connectivity index (χ3n) is 3.59. The molecule has 105 valence electrons. The summed E-state index contributed by atoms with van der Waals surface area (Å²) >= 11 is 0. The van der Waals surface area contributed by atoms with Crippen LogP contribution in [0.3, 0.4) is 0 Å². The van der Waals surface area contributed by atoms with Gasteiger partial charge in [0.2, 0.25) is 0 Å². The Kier molecular flexibility index (Phi) is 3.78. The average Bonchev–Trinajstić information content (AvgIpc) is 2.94. The maximum atomic E-state index is 5.44. The molecule has 0 atom stereocenters. The van der Waals surface area contributed by atoms with Crippen LogP contribution in [0, 0.1) is 6.07 Å². The number of nitrogens with zero attached hydrogens (tertiary/aromatic N) is 4. The lowest BCUT2D eigenvalue weighted by Crippen LogP contribution is -2.19. The standard InChI is InChI=1S/C15H19N4O/c1-11(2)19-15(12-5-8-20-9-6-12)17-14(18-19)13-4-3-7-16-10-13/h4,7,10-12H,5-6,8-9H2,1-2H3. The number of hydrogen-bond donors (Lipinski definition) is 0. The number of ether oxygens (including phenoxy) is 1. The van der Waals surface area contributed by atoms with Gasteiger partial charge >= 0.3 is 0 Å². The van der Waals surface area contributed by atoms with Gasteiger partial charge in [-0.2, -0.15) is 5.10 Å². The molecule has 5 heteroatoms. The second-order valence-corrected chi connectivity index (χ2v) is 5.39. The Balaban J connectivity index is 1.98. The Morgan fingerprint density at radius 2 is 2.15 bits per heavy atom. The summed E-state index contributed by atoms with van der Waals surface area (Å²) in [6.45, 7) is 5.89. The maximum absolute atomic E-state index is 5.44. The zero-order valence-electron chi connectivity index (χ0n) is 11.9. The molecule has 0 spiro atoms. The Bertz CT molecular complexity index is 559. The lowest BCUT2D eigenvalue weighted by molar-refractivity contribution is 0.0823. The van der Waals surface area contributed by atoms with Crippen LogP contribution >= 0.6 is 0 Å². The number of rotatable bonds is 3. The van der Waals surface area contributed by atoms with Crippen LogP contribution in [0.25, 0.3) is 11.4 Å². The van der Waals surface area contributed by atoms with Crippen molar-refractivity contribution in [1.82, 2.24) is 19.7 Å². The van der Waals surface area contributed by atoms with Crippen LogP contribution in [-0.2, 0) is 4.74 Å². The molecular formula is C15H19N4O. The van der Waals surface area contributed by atoms with Crippen molar-refractivity contribution in [2.45, 2.75) is 38.6 Å². The van der Waals surface area contributed by atoms with Crippen LogP contribution in [0.2, 0.25) is 0 Å². The van der Waals surface area contributed by atoms with Gasteiger partial charge in [0, 0.05) is 49.2 Å². The highest BCUT2D eigenvalue weighted by atomic mass is 16.5. The van der Waals surface area contributed by atoms with Crippen molar-refractivity contribution < 1.29 is 4.74 Å². The normalized spacial score (nSPS) is 16.8. The first-order chi connectivity index (χ1) is 9.75. The van der Waals surface area contributed by atoms with Crippen LogP contribution in [-0.4, -0.2) is 33.0 Å². The van der Waals surface area contributed by atoms with Crippen molar-refractivity contribution in [2.75, 3.05) is 13.2 Å². The molecule has 0 bridgehead atoms. The van der Waals surface area contributed by atoms with Gasteiger partial charge in [-0.05, 0) is 32.8 Å². The van der Waals surface area contributed by atoms with Crippen molar-refractivity contribution in [3.8, 4) is 11.4 Å². The lowest BCUT2D eigenvalue weighted by Gasteiger charge is -2.22. The summed E-state index contributed by atoms with van der Waals surface area (Å²) in [6, 6.07) is 5.15. The first-order valence-corrected chi connectivity index (χ1v) is 7.11. The molecule has 3 rings (SSSR count). The molecule has 1 aliphatic rings. The van der Waals surface area contributed by atoms with Gasteiger partial charge in [0.1, 0.15) is 5.82 Å². The molecule has 5 nitrogen and oxygen atoms in total. The van der Waals surface area contributed by atoms with E-state index in [1.807, 2.05) is 10.7 Å². The van der Waals surface area contributed by atoms with E-state index in [0.29, 0.717) is 12.0 Å². The van der Waals surface area contributed by atoms with E-state index < -0.39 is 0 Å². The molecule has 1 fully saturated rings. The Morgan fingerprint density at radius 1 is 1.35 bits per heavy atom. The van der Waals surface area contributed by atoms with Crippen molar-refractivity contribution in [2.24, 2.45) is 0 Å². The highest BCUT2D eigenvalue weighted by Crippen LogP contribution is 2.29. The topological polar surface area (TPSA) is 52.8 Å². The fourth-order valence-corrected chi connectivity index (χ4v) is 2.52. The van der Waals surface area contributed by atoms with E-state index in [1.165, 1.54) is 0 Å². The lowest BCUT2D eigenvalue weighted by atomic mass is 9.99. The maximum Gasteiger partial charge on any atom is 0.182 e. The quantitative estimate of drug-likeness (QED) is 0.861. The zero-order valence-corrected chi connectivity index (χ0v) is 11.9. The first-order valence-electron chi connectivity index (χ1n) is 7.11. The van der Waals surface area contributed by atoms with E-state index in [4.69, 9.17) is 9.72 Å². The van der Waals surface area contributed by atoms with Crippen LogP contribution in [0.1, 0.15) is 44.5 Å². The van der Waals surface area contributed by atoms with E-state index >= 15 is 0 Å². The Labute approximate surface area is 119 Å². The van der Waals surface area contributed by atoms with Gasteiger partial charge < -0.3 is 4.74 Å².